The summed E-state index contributed by atoms with van der Waals surface area (Å²) in [5.74, 6) is 3.08. The molecule has 13 unspecified atom stereocenters. The van der Waals surface area contributed by atoms with E-state index in [1.165, 1.54) is 77.0 Å². The van der Waals surface area contributed by atoms with Crippen LogP contribution in [-0.4, -0.2) is 71.1 Å². The molecule has 9 aliphatic rings. The van der Waals surface area contributed by atoms with Crippen molar-refractivity contribution >= 4 is 6.71 Å². The van der Waals surface area contributed by atoms with Gasteiger partial charge < -0.3 is 14.4 Å². The van der Waals surface area contributed by atoms with Crippen LogP contribution in [-0.2, 0) is 9.47 Å². The first-order valence-corrected chi connectivity index (χ1v) is 16.5. The molecule has 5 aliphatic carbocycles. The van der Waals surface area contributed by atoms with Crippen LogP contribution in [0.15, 0.2) is 23.3 Å². The average molecular weight is 503 g/mol. The summed E-state index contributed by atoms with van der Waals surface area (Å²) in [6.45, 7) is 5.77. The molecular formula is C32H47BN2O2. The second-order valence-electron chi connectivity index (χ2n) is 14.9. The van der Waals surface area contributed by atoms with Crippen molar-refractivity contribution in [1.29, 1.82) is 0 Å². The number of ether oxygens (including phenoxy) is 2. The maximum absolute atomic E-state index is 7.21. The lowest BCUT2D eigenvalue weighted by Crippen LogP contribution is -2.80. The largest absolute Gasteiger partial charge is 0.372 e. The molecule has 0 amide bonds. The molecule has 13 atom stereocenters. The molecule has 4 saturated carbocycles. The van der Waals surface area contributed by atoms with Gasteiger partial charge in [0.25, 0.3) is 0 Å². The van der Waals surface area contributed by atoms with Crippen LogP contribution < -0.4 is 0 Å². The molecule has 9 rings (SSSR count). The summed E-state index contributed by atoms with van der Waals surface area (Å²) in [4.78, 5) is 6.23. The first-order valence-electron chi connectivity index (χ1n) is 16.5. The summed E-state index contributed by atoms with van der Waals surface area (Å²) >= 11 is 0. The second kappa shape index (κ2) is 8.37. The van der Waals surface area contributed by atoms with Crippen LogP contribution in [0.1, 0.15) is 97.3 Å². The molecule has 0 N–H and O–H groups in total. The lowest BCUT2D eigenvalue weighted by molar-refractivity contribution is -0.244. The molecule has 4 aliphatic heterocycles. The topological polar surface area (TPSA) is 24.9 Å². The van der Waals surface area contributed by atoms with Crippen molar-refractivity contribution in [1.82, 2.24) is 9.80 Å². The molecule has 200 valence electrons. The van der Waals surface area contributed by atoms with Crippen LogP contribution in [0.3, 0.4) is 0 Å². The zero-order valence-electron chi connectivity index (χ0n) is 23.1. The molecule has 3 saturated heterocycles. The van der Waals surface area contributed by atoms with Crippen LogP contribution in [0.2, 0.25) is 11.6 Å². The Bertz CT molecular complexity index is 1010. The SMILES string of the molecule is CC1C=CC2=C(C1)B1C3CC(C)CCC3N3C4CCCCC4OC4CC5OC6CCCCC6N2C5C1C43. The van der Waals surface area contributed by atoms with Gasteiger partial charge in [0, 0.05) is 30.2 Å². The lowest BCUT2D eigenvalue weighted by Gasteiger charge is -2.72. The Balaban J connectivity index is 1.24. The second-order valence-corrected chi connectivity index (χ2v) is 14.9. The van der Waals surface area contributed by atoms with Gasteiger partial charge in [-0.2, -0.15) is 0 Å². The minimum absolute atomic E-state index is 0.356. The van der Waals surface area contributed by atoms with Gasteiger partial charge in [-0.15, -0.1) is 0 Å². The van der Waals surface area contributed by atoms with E-state index in [9.17, 15) is 0 Å². The molecule has 0 bridgehead atoms. The Morgan fingerprint density at radius 2 is 1.49 bits per heavy atom. The monoisotopic (exact) mass is 502 g/mol. The standard InChI is InChI=1S/C32H47BN2O2/c1-18-11-13-22-20(15-18)33-21-16-19(2)12-14-23(21)35-25-8-4-6-10-27(25)37-29-17-28-31(30(33)32(29)35)34(22)24-7-3-5-9-26(24)36-28/h11,13,18-19,21,23-32H,3-10,12,14-17H2,1-2H3. The van der Waals surface area contributed by atoms with Crippen molar-refractivity contribution in [3.63, 3.8) is 0 Å². The molecule has 0 aromatic carbocycles. The molecule has 0 radical (unpaired) electrons. The van der Waals surface area contributed by atoms with E-state index in [1.807, 2.05) is 5.47 Å². The third kappa shape index (κ3) is 3.14. The third-order valence-electron chi connectivity index (χ3n) is 13.0. The predicted molar refractivity (Wildman–Crippen MR) is 148 cm³/mol. The Morgan fingerprint density at radius 1 is 0.757 bits per heavy atom. The molecule has 0 aromatic rings. The highest BCUT2D eigenvalue weighted by Gasteiger charge is 2.68. The molecule has 7 fully saturated rings. The lowest BCUT2D eigenvalue weighted by atomic mass is 9.21. The van der Waals surface area contributed by atoms with Gasteiger partial charge in [-0.1, -0.05) is 57.5 Å². The van der Waals surface area contributed by atoms with Crippen molar-refractivity contribution < 1.29 is 9.47 Å². The van der Waals surface area contributed by atoms with E-state index in [4.69, 9.17) is 9.47 Å². The average Bonchev–Trinajstić information content (AvgIpc) is 2.91. The predicted octanol–water partition coefficient (Wildman–Crippen LogP) is 5.99. The van der Waals surface area contributed by atoms with Gasteiger partial charge in [0.15, 0.2) is 6.71 Å². The summed E-state index contributed by atoms with van der Waals surface area (Å²) in [6.07, 6.45) is 24.2. The van der Waals surface area contributed by atoms with Crippen molar-refractivity contribution in [2.45, 2.75) is 164 Å². The Kier molecular flexibility index (Phi) is 5.20. The van der Waals surface area contributed by atoms with Gasteiger partial charge in [0.05, 0.1) is 36.5 Å². The molecule has 37 heavy (non-hydrogen) atoms. The normalized spacial score (nSPS) is 54.1. The fourth-order valence-electron chi connectivity index (χ4n) is 11.9. The molecular weight excluding hydrogens is 455 g/mol. The van der Waals surface area contributed by atoms with Gasteiger partial charge >= 0.3 is 0 Å². The summed E-state index contributed by atoms with van der Waals surface area (Å²) in [6, 6.07) is 3.23. The molecule has 5 heteroatoms. The summed E-state index contributed by atoms with van der Waals surface area (Å²) in [5.41, 5.74) is 3.54. The van der Waals surface area contributed by atoms with Crippen LogP contribution >= 0.6 is 0 Å². The first kappa shape index (κ1) is 23.0. The van der Waals surface area contributed by atoms with Gasteiger partial charge in [0.1, 0.15) is 0 Å². The maximum atomic E-state index is 7.21. The zero-order chi connectivity index (χ0) is 24.4. The van der Waals surface area contributed by atoms with Crippen molar-refractivity contribution in [2.24, 2.45) is 11.8 Å². The first-order chi connectivity index (χ1) is 18.2. The Hall–Kier alpha value is -0.775. The number of fused-ring (bicyclic) bond motifs is 9. The molecule has 4 heterocycles. The fourth-order valence-corrected chi connectivity index (χ4v) is 11.9. The number of hydrogen-bond donors (Lipinski definition) is 0. The van der Waals surface area contributed by atoms with Crippen LogP contribution in [0.25, 0.3) is 0 Å². The highest BCUT2D eigenvalue weighted by molar-refractivity contribution is 6.71. The van der Waals surface area contributed by atoms with Crippen LogP contribution in [0, 0.1) is 11.8 Å². The highest BCUT2D eigenvalue weighted by atomic mass is 16.5. The van der Waals surface area contributed by atoms with E-state index in [1.54, 1.807) is 5.70 Å². The number of hydrogen-bond acceptors (Lipinski definition) is 4. The van der Waals surface area contributed by atoms with Crippen molar-refractivity contribution in [3.05, 3.63) is 23.3 Å². The van der Waals surface area contributed by atoms with E-state index in [-0.39, 0.29) is 0 Å². The van der Waals surface area contributed by atoms with Gasteiger partial charge in [-0.25, -0.2) is 0 Å². The van der Waals surface area contributed by atoms with E-state index in [0.717, 1.165) is 30.9 Å². The third-order valence-corrected chi connectivity index (χ3v) is 13.0. The van der Waals surface area contributed by atoms with Crippen molar-refractivity contribution in [3.8, 4) is 0 Å². The fraction of sp³-hybridized carbons (Fsp3) is 0.875. The molecule has 0 aromatic heterocycles. The minimum Gasteiger partial charge on any atom is -0.372 e. The summed E-state index contributed by atoms with van der Waals surface area (Å²) in [5, 5.41) is 0. The molecule has 0 spiro atoms. The number of morpholine rings is 2. The van der Waals surface area contributed by atoms with E-state index in [0.29, 0.717) is 60.3 Å². The summed E-state index contributed by atoms with van der Waals surface area (Å²) in [7, 11) is 0. The van der Waals surface area contributed by atoms with E-state index in [2.05, 4.69) is 35.8 Å². The summed E-state index contributed by atoms with van der Waals surface area (Å²) < 4.78 is 14.4. The van der Waals surface area contributed by atoms with Gasteiger partial charge in [0.2, 0.25) is 0 Å². The number of allylic oxidation sites excluding steroid dienone is 3. The Morgan fingerprint density at radius 3 is 2.32 bits per heavy atom. The van der Waals surface area contributed by atoms with Gasteiger partial charge in [-0.3, -0.25) is 4.90 Å². The van der Waals surface area contributed by atoms with Gasteiger partial charge in [-0.05, 0) is 74.5 Å². The van der Waals surface area contributed by atoms with Crippen LogP contribution in [0.5, 0.6) is 0 Å². The van der Waals surface area contributed by atoms with Crippen molar-refractivity contribution in [2.75, 3.05) is 0 Å². The van der Waals surface area contributed by atoms with E-state index >= 15 is 0 Å². The van der Waals surface area contributed by atoms with E-state index < -0.39 is 0 Å². The van der Waals surface area contributed by atoms with Crippen LogP contribution in [0.4, 0.5) is 0 Å². The zero-order valence-corrected chi connectivity index (χ0v) is 23.1. The molecule has 4 nitrogen and oxygen atoms in total. The maximum Gasteiger partial charge on any atom is 0.185 e. The Labute approximate surface area is 224 Å². The number of rotatable bonds is 0. The number of nitrogens with zero attached hydrogens (tertiary/aromatic N) is 2. The quantitative estimate of drug-likeness (QED) is 0.380. The highest BCUT2D eigenvalue weighted by Crippen LogP contribution is 2.63. The minimum atomic E-state index is 0.356. The smallest absolute Gasteiger partial charge is 0.185 e.